The summed E-state index contributed by atoms with van der Waals surface area (Å²) in [4.78, 5) is 31.2. The molecule has 2 N–H and O–H groups in total. The van der Waals surface area contributed by atoms with Crippen molar-refractivity contribution in [1.82, 2.24) is 5.32 Å². The van der Waals surface area contributed by atoms with Crippen LogP contribution in [-0.4, -0.2) is 42.3 Å². The molecule has 1 heterocycles. The summed E-state index contributed by atoms with van der Waals surface area (Å²) in [7, 11) is 0. The average molecular weight is 469 g/mol. The van der Waals surface area contributed by atoms with Crippen LogP contribution in [0.2, 0.25) is 0 Å². The van der Waals surface area contributed by atoms with Crippen molar-refractivity contribution in [1.29, 1.82) is 0 Å². The normalized spacial score (nSPS) is 24.8. The van der Waals surface area contributed by atoms with Crippen molar-refractivity contribution in [3.8, 4) is 0 Å². The quantitative estimate of drug-likeness (QED) is 0.272. The Balaban J connectivity index is 2.71. The lowest BCUT2D eigenvalue weighted by Gasteiger charge is -2.42. The van der Waals surface area contributed by atoms with Crippen LogP contribution < -0.4 is 5.32 Å². The van der Waals surface area contributed by atoms with E-state index < -0.39 is 11.9 Å². The highest BCUT2D eigenvalue weighted by molar-refractivity contribution is 6.10. The molecule has 2 aliphatic rings. The summed E-state index contributed by atoms with van der Waals surface area (Å²) >= 11 is 0. The summed E-state index contributed by atoms with van der Waals surface area (Å²) in [6.45, 7) is 16.3. The van der Waals surface area contributed by atoms with Crippen molar-refractivity contribution in [3.63, 3.8) is 0 Å². The third kappa shape index (κ3) is 5.84. The van der Waals surface area contributed by atoms with Gasteiger partial charge in [-0.2, -0.15) is 0 Å². The van der Waals surface area contributed by atoms with Crippen molar-refractivity contribution in [3.05, 3.63) is 59.0 Å². The standard InChI is InChI=1S/C28H40N2O4/c1-8-13-20(29-11-4)19(9-2)14-18(6)24-25-21(15-28(7,10-3)16-23(25)32)30-22(17-31)26(24)27(33)34-12-5/h8-9,13-14,18,24,30-31H,2,10-12,15-17H2,1,3-7H3/b13-8-,19-14-,29-20?. The Morgan fingerprint density at radius 3 is 2.59 bits per heavy atom. The number of Topliss-reactive ketones (excluding diaryl/α,β-unsaturated/α-hetero) is 1. The molecular weight excluding hydrogens is 428 g/mol. The number of aliphatic hydroxyl groups excluding tert-OH is 1. The Hall–Kier alpha value is -2.73. The van der Waals surface area contributed by atoms with E-state index in [1.54, 1.807) is 13.0 Å². The summed E-state index contributed by atoms with van der Waals surface area (Å²) in [5, 5.41) is 13.4. The lowest BCUT2D eigenvalue weighted by atomic mass is 9.65. The lowest BCUT2D eigenvalue weighted by Crippen LogP contribution is -2.43. The SMILES string of the molecule is C=C/C(=C/C(C)C1C2=C(CC(C)(CC)CC2=O)NC(CO)=C1C(=O)OCC)C(/C=C\C)=NCC. The maximum atomic E-state index is 13.5. The molecular formula is C28H40N2O4. The molecule has 6 nitrogen and oxygen atoms in total. The minimum absolute atomic E-state index is 0.0400. The van der Waals surface area contributed by atoms with Gasteiger partial charge in [0, 0.05) is 30.2 Å². The highest BCUT2D eigenvalue weighted by Crippen LogP contribution is 2.47. The Morgan fingerprint density at radius 1 is 1.35 bits per heavy atom. The number of carbonyl (C=O) groups is 2. The van der Waals surface area contributed by atoms with E-state index in [9.17, 15) is 14.7 Å². The number of nitrogens with zero attached hydrogens (tertiary/aromatic N) is 1. The number of dihydropyridines is 1. The molecule has 0 radical (unpaired) electrons. The molecule has 1 aliphatic carbocycles. The number of ether oxygens (including phenoxy) is 1. The Labute approximate surface area is 204 Å². The van der Waals surface area contributed by atoms with Gasteiger partial charge in [0.2, 0.25) is 0 Å². The molecule has 0 spiro atoms. The van der Waals surface area contributed by atoms with Gasteiger partial charge in [0.25, 0.3) is 0 Å². The van der Waals surface area contributed by atoms with Crippen molar-refractivity contribution >= 4 is 17.5 Å². The van der Waals surface area contributed by atoms with Gasteiger partial charge in [0.15, 0.2) is 5.78 Å². The highest BCUT2D eigenvalue weighted by Gasteiger charge is 2.45. The third-order valence-electron chi connectivity index (χ3n) is 6.71. The molecule has 34 heavy (non-hydrogen) atoms. The first-order valence-corrected chi connectivity index (χ1v) is 12.3. The van der Waals surface area contributed by atoms with E-state index in [0.29, 0.717) is 36.2 Å². The largest absolute Gasteiger partial charge is 0.463 e. The number of aliphatic hydroxyl groups is 1. The van der Waals surface area contributed by atoms with Crippen LogP contribution in [0.5, 0.6) is 0 Å². The summed E-state index contributed by atoms with van der Waals surface area (Å²) < 4.78 is 5.37. The van der Waals surface area contributed by atoms with E-state index in [2.05, 4.69) is 30.7 Å². The predicted octanol–water partition coefficient (Wildman–Crippen LogP) is 4.83. The van der Waals surface area contributed by atoms with Gasteiger partial charge in [-0.05, 0) is 56.6 Å². The molecule has 2 rings (SSSR count). The number of carbonyl (C=O) groups excluding carboxylic acids is 2. The van der Waals surface area contributed by atoms with E-state index in [4.69, 9.17) is 4.74 Å². The summed E-state index contributed by atoms with van der Waals surface area (Å²) in [6, 6.07) is 0. The van der Waals surface area contributed by atoms with E-state index in [-0.39, 0.29) is 30.3 Å². The topological polar surface area (TPSA) is 88.0 Å². The molecule has 186 valence electrons. The van der Waals surface area contributed by atoms with Gasteiger partial charge < -0.3 is 15.2 Å². The zero-order chi connectivity index (χ0) is 25.5. The number of allylic oxidation sites excluding steroid dienone is 7. The fourth-order valence-corrected chi connectivity index (χ4v) is 4.86. The zero-order valence-corrected chi connectivity index (χ0v) is 21.5. The van der Waals surface area contributed by atoms with Gasteiger partial charge in [-0.25, -0.2) is 4.79 Å². The molecule has 3 unspecified atom stereocenters. The van der Waals surface area contributed by atoms with E-state index in [1.807, 2.05) is 39.0 Å². The smallest absolute Gasteiger partial charge is 0.336 e. The van der Waals surface area contributed by atoms with E-state index in [0.717, 1.165) is 23.4 Å². The van der Waals surface area contributed by atoms with Crippen molar-refractivity contribution in [2.24, 2.45) is 22.2 Å². The molecule has 1 aliphatic heterocycles. The minimum atomic E-state index is -0.533. The molecule has 0 fully saturated rings. The number of aliphatic imine (C=N–C) groups is 1. The van der Waals surface area contributed by atoms with Gasteiger partial charge in [-0.15, -0.1) is 0 Å². The molecule has 6 heteroatoms. The zero-order valence-electron chi connectivity index (χ0n) is 21.5. The van der Waals surface area contributed by atoms with Gasteiger partial charge in [0.05, 0.1) is 30.2 Å². The van der Waals surface area contributed by atoms with Gasteiger partial charge in [-0.3, -0.25) is 9.79 Å². The number of nitrogens with one attached hydrogen (secondary N) is 1. The molecule has 3 atom stereocenters. The van der Waals surface area contributed by atoms with Crippen molar-refractivity contribution in [2.75, 3.05) is 19.8 Å². The van der Waals surface area contributed by atoms with Crippen molar-refractivity contribution < 1.29 is 19.4 Å². The van der Waals surface area contributed by atoms with Gasteiger partial charge >= 0.3 is 5.97 Å². The number of esters is 1. The second-order valence-electron chi connectivity index (χ2n) is 9.25. The number of hydrogen-bond acceptors (Lipinski definition) is 6. The minimum Gasteiger partial charge on any atom is -0.463 e. The summed E-state index contributed by atoms with van der Waals surface area (Å²) in [5.41, 5.74) is 3.64. The summed E-state index contributed by atoms with van der Waals surface area (Å²) in [5.74, 6) is -1.25. The average Bonchev–Trinajstić information content (AvgIpc) is 2.81. The van der Waals surface area contributed by atoms with Crippen LogP contribution in [0.3, 0.4) is 0 Å². The fourth-order valence-electron chi connectivity index (χ4n) is 4.86. The van der Waals surface area contributed by atoms with Crippen LogP contribution in [0, 0.1) is 17.3 Å². The second kappa shape index (κ2) is 12.1. The first-order chi connectivity index (χ1) is 16.2. The molecule has 0 amide bonds. The monoisotopic (exact) mass is 468 g/mol. The van der Waals surface area contributed by atoms with Crippen LogP contribution in [0.4, 0.5) is 0 Å². The van der Waals surface area contributed by atoms with Crippen LogP contribution in [-0.2, 0) is 14.3 Å². The maximum Gasteiger partial charge on any atom is 0.336 e. The van der Waals surface area contributed by atoms with Crippen LogP contribution in [0.15, 0.2) is 64.0 Å². The first-order valence-electron chi connectivity index (χ1n) is 12.3. The van der Waals surface area contributed by atoms with Crippen LogP contribution >= 0.6 is 0 Å². The number of rotatable bonds is 10. The summed E-state index contributed by atoms with van der Waals surface area (Å²) in [6.07, 6.45) is 9.59. The molecule has 0 bridgehead atoms. The molecule has 0 saturated heterocycles. The van der Waals surface area contributed by atoms with E-state index in [1.165, 1.54) is 0 Å². The number of ketones is 1. The highest BCUT2D eigenvalue weighted by atomic mass is 16.5. The van der Waals surface area contributed by atoms with Crippen LogP contribution in [0.25, 0.3) is 0 Å². The lowest BCUT2D eigenvalue weighted by molar-refractivity contribution is -0.139. The molecule has 0 aromatic carbocycles. The first kappa shape index (κ1) is 27.5. The van der Waals surface area contributed by atoms with Gasteiger partial charge in [0.1, 0.15) is 0 Å². The molecule has 0 aromatic heterocycles. The van der Waals surface area contributed by atoms with E-state index >= 15 is 0 Å². The Morgan fingerprint density at radius 2 is 2.06 bits per heavy atom. The Bertz CT molecular complexity index is 967. The second-order valence-corrected chi connectivity index (χ2v) is 9.25. The number of hydrogen-bond donors (Lipinski definition) is 2. The van der Waals surface area contributed by atoms with Crippen molar-refractivity contribution in [2.45, 2.75) is 60.8 Å². The third-order valence-corrected chi connectivity index (χ3v) is 6.71. The molecule has 0 aromatic rings. The predicted molar refractivity (Wildman–Crippen MR) is 137 cm³/mol. The maximum absolute atomic E-state index is 13.5. The molecule has 0 saturated carbocycles. The Kier molecular flexibility index (Phi) is 9.80. The van der Waals surface area contributed by atoms with Gasteiger partial charge in [-0.1, -0.05) is 45.6 Å². The van der Waals surface area contributed by atoms with Crippen LogP contribution in [0.1, 0.15) is 60.8 Å². The fraction of sp³-hybridized carbons (Fsp3) is 0.536.